The number of amides is 1. The molecule has 1 aliphatic rings. The summed E-state index contributed by atoms with van der Waals surface area (Å²) in [5.74, 6) is 1.35. The molecule has 5 heteroatoms. The molecule has 1 aromatic rings. The summed E-state index contributed by atoms with van der Waals surface area (Å²) in [4.78, 5) is 18.1. The van der Waals surface area contributed by atoms with Gasteiger partial charge >= 0.3 is 0 Å². The van der Waals surface area contributed by atoms with Gasteiger partial charge in [0.15, 0.2) is 0 Å². The quantitative estimate of drug-likeness (QED) is 0.800. The molecular formula is C13H17ClN2OS. The minimum absolute atomic E-state index is 0.189. The number of halogens is 1. The summed E-state index contributed by atoms with van der Waals surface area (Å²) in [7, 11) is 0. The molecular weight excluding hydrogens is 268 g/mol. The summed E-state index contributed by atoms with van der Waals surface area (Å²) in [5.41, 5.74) is 0. The average Bonchev–Trinajstić information content (AvgIpc) is 2.38. The Morgan fingerprint density at radius 3 is 2.94 bits per heavy atom. The van der Waals surface area contributed by atoms with Crippen LogP contribution in [0.1, 0.15) is 19.8 Å². The van der Waals surface area contributed by atoms with Crippen LogP contribution in [0.15, 0.2) is 23.4 Å². The largest absolute Gasteiger partial charge is 0.342 e. The standard InChI is InChI=1S/C13H17ClN2OS/c1-10-4-7-16(8-5-10)12(17)9-18-13-11(14)3-2-6-15-13/h2-3,6,10H,4-5,7-9H2,1H3. The number of nitrogens with zero attached hydrogens (tertiary/aromatic N) is 2. The summed E-state index contributed by atoms with van der Waals surface area (Å²) in [5, 5.41) is 1.35. The van der Waals surface area contributed by atoms with Crippen molar-refractivity contribution in [1.82, 2.24) is 9.88 Å². The first kappa shape index (κ1) is 13.7. The molecule has 1 aliphatic heterocycles. The first-order chi connectivity index (χ1) is 8.66. The third kappa shape index (κ3) is 3.62. The summed E-state index contributed by atoms with van der Waals surface area (Å²) in [6.45, 7) is 4.01. The van der Waals surface area contributed by atoms with E-state index in [9.17, 15) is 4.79 Å². The SMILES string of the molecule is CC1CCN(C(=O)CSc2ncccc2Cl)CC1. The summed E-state index contributed by atoms with van der Waals surface area (Å²) in [6.07, 6.45) is 3.92. The van der Waals surface area contributed by atoms with Crippen LogP contribution in [-0.4, -0.2) is 34.6 Å². The molecule has 2 rings (SSSR count). The lowest BCUT2D eigenvalue weighted by Gasteiger charge is -2.30. The van der Waals surface area contributed by atoms with Gasteiger partial charge in [-0.25, -0.2) is 4.98 Å². The van der Waals surface area contributed by atoms with E-state index in [1.54, 1.807) is 18.3 Å². The Bertz CT molecular complexity index is 419. The van der Waals surface area contributed by atoms with E-state index in [1.165, 1.54) is 11.8 Å². The van der Waals surface area contributed by atoms with E-state index in [1.807, 2.05) is 4.90 Å². The second-order valence-electron chi connectivity index (χ2n) is 4.64. The van der Waals surface area contributed by atoms with Crippen molar-refractivity contribution in [3.63, 3.8) is 0 Å². The highest BCUT2D eigenvalue weighted by molar-refractivity contribution is 8.00. The van der Waals surface area contributed by atoms with Crippen LogP contribution in [0.4, 0.5) is 0 Å². The number of carbonyl (C=O) groups excluding carboxylic acids is 1. The molecule has 0 atom stereocenters. The van der Waals surface area contributed by atoms with Crippen LogP contribution in [-0.2, 0) is 4.79 Å². The zero-order chi connectivity index (χ0) is 13.0. The number of hydrogen-bond donors (Lipinski definition) is 0. The number of thioether (sulfide) groups is 1. The van der Waals surface area contributed by atoms with Crippen LogP contribution in [0, 0.1) is 5.92 Å². The van der Waals surface area contributed by atoms with Gasteiger partial charge in [-0.2, -0.15) is 0 Å². The van der Waals surface area contributed by atoms with Gasteiger partial charge in [-0.15, -0.1) is 0 Å². The molecule has 0 bridgehead atoms. The van der Waals surface area contributed by atoms with Gasteiger partial charge in [0.05, 0.1) is 10.8 Å². The maximum atomic E-state index is 12.0. The van der Waals surface area contributed by atoms with Gasteiger partial charge in [0.1, 0.15) is 5.03 Å². The van der Waals surface area contributed by atoms with Gasteiger partial charge in [0.25, 0.3) is 0 Å². The summed E-state index contributed by atoms with van der Waals surface area (Å²) >= 11 is 7.42. The van der Waals surface area contributed by atoms with Crippen molar-refractivity contribution >= 4 is 29.3 Å². The molecule has 1 aromatic heterocycles. The van der Waals surface area contributed by atoms with Crippen LogP contribution in [0.3, 0.4) is 0 Å². The molecule has 0 radical (unpaired) electrons. The third-order valence-corrected chi connectivity index (χ3v) is 4.60. The van der Waals surface area contributed by atoms with E-state index >= 15 is 0 Å². The van der Waals surface area contributed by atoms with Gasteiger partial charge in [-0.3, -0.25) is 4.79 Å². The molecule has 1 fully saturated rings. The zero-order valence-electron chi connectivity index (χ0n) is 10.4. The summed E-state index contributed by atoms with van der Waals surface area (Å²) in [6, 6.07) is 3.59. The van der Waals surface area contributed by atoms with Crippen LogP contribution in [0.25, 0.3) is 0 Å². The minimum Gasteiger partial charge on any atom is -0.342 e. The number of likely N-dealkylation sites (tertiary alicyclic amines) is 1. The normalized spacial score (nSPS) is 16.9. The number of aromatic nitrogens is 1. The van der Waals surface area contributed by atoms with Gasteiger partial charge in [-0.05, 0) is 30.9 Å². The molecule has 0 aromatic carbocycles. The highest BCUT2D eigenvalue weighted by Gasteiger charge is 2.20. The first-order valence-corrected chi connectivity index (χ1v) is 7.54. The van der Waals surface area contributed by atoms with E-state index < -0.39 is 0 Å². The Hall–Kier alpha value is -0.740. The van der Waals surface area contributed by atoms with Crippen molar-refractivity contribution in [2.75, 3.05) is 18.8 Å². The lowest BCUT2D eigenvalue weighted by Crippen LogP contribution is -2.38. The average molecular weight is 285 g/mol. The molecule has 0 N–H and O–H groups in total. The maximum Gasteiger partial charge on any atom is 0.232 e. The second-order valence-corrected chi connectivity index (χ2v) is 6.01. The fraction of sp³-hybridized carbons (Fsp3) is 0.538. The molecule has 1 amide bonds. The molecule has 2 heterocycles. The Kier molecular flexibility index (Phi) is 4.89. The van der Waals surface area contributed by atoms with Gasteiger partial charge in [0.2, 0.25) is 5.91 Å². The van der Waals surface area contributed by atoms with Gasteiger partial charge < -0.3 is 4.90 Å². The molecule has 18 heavy (non-hydrogen) atoms. The Labute approximate surface area is 117 Å². The zero-order valence-corrected chi connectivity index (χ0v) is 12.0. The van der Waals surface area contributed by atoms with E-state index in [0.29, 0.717) is 10.8 Å². The lowest BCUT2D eigenvalue weighted by atomic mass is 9.99. The number of carbonyl (C=O) groups is 1. The van der Waals surface area contributed by atoms with Crippen molar-refractivity contribution in [2.45, 2.75) is 24.8 Å². The minimum atomic E-state index is 0.189. The Balaban J connectivity index is 1.83. The fourth-order valence-electron chi connectivity index (χ4n) is 1.96. The maximum absolute atomic E-state index is 12.0. The number of piperidine rings is 1. The van der Waals surface area contributed by atoms with Gasteiger partial charge in [-0.1, -0.05) is 30.3 Å². The highest BCUT2D eigenvalue weighted by Crippen LogP contribution is 2.25. The molecule has 0 saturated carbocycles. The van der Waals surface area contributed by atoms with Gasteiger partial charge in [0, 0.05) is 19.3 Å². The smallest absolute Gasteiger partial charge is 0.232 e. The molecule has 1 saturated heterocycles. The van der Waals surface area contributed by atoms with Crippen LogP contribution < -0.4 is 0 Å². The van der Waals surface area contributed by atoms with E-state index in [-0.39, 0.29) is 5.91 Å². The Morgan fingerprint density at radius 1 is 1.56 bits per heavy atom. The van der Waals surface area contributed by atoms with Crippen molar-refractivity contribution in [3.05, 3.63) is 23.4 Å². The monoisotopic (exact) mass is 284 g/mol. The van der Waals surface area contributed by atoms with Crippen molar-refractivity contribution in [3.8, 4) is 0 Å². The topological polar surface area (TPSA) is 33.2 Å². The van der Waals surface area contributed by atoms with Crippen LogP contribution in [0.2, 0.25) is 5.02 Å². The predicted octanol–water partition coefficient (Wildman–Crippen LogP) is 3.09. The number of pyridine rings is 1. The van der Waals surface area contributed by atoms with E-state index in [0.717, 1.165) is 36.9 Å². The van der Waals surface area contributed by atoms with Crippen molar-refractivity contribution < 1.29 is 4.79 Å². The lowest BCUT2D eigenvalue weighted by molar-refractivity contribution is -0.129. The highest BCUT2D eigenvalue weighted by atomic mass is 35.5. The second kappa shape index (κ2) is 6.43. The fourth-order valence-corrected chi connectivity index (χ4v) is 3.03. The molecule has 3 nitrogen and oxygen atoms in total. The first-order valence-electron chi connectivity index (χ1n) is 6.18. The Morgan fingerprint density at radius 2 is 2.28 bits per heavy atom. The van der Waals surface area contributed by atoms with Crippen molar-refractivity contribution in [1.29, 1.82) is 0 Å². The number of hydrogen-bond acceptors (Lipinski definition) is 3. The molecule has 0 unspecified atom stereocenters. The van der Waals surface area contributed by atoms with Crippen LogP contribution >= 0.6 is 23.4 Å². The van der Waals surface area contributed by atoms with Crippen LogP contribution in [0.5, 0.6) is 0 Å². The van der Waals surface area contributed by atoms with E-state index in [2.05, 4.69) is 11.9 Å². The van der Waals surface area contributed by atoms with Crippen molar-refractivity contribution in [2.24, 2.45) is 5.92 Å². The molecule has 0 spiro atoms. The van der Waals surface area contributed by atoms with E-state index in [4.69, 9.17) is 11.6 Å². The third-order valence-electron chi connectivity index (χ3n) is 3.19. The predicted molar refractivity (Wildman–Crippen MR) is 74.9 cm³/mol. The molecule has 0 aliphatic carbocycles. The number of rotatable bonds is 3. The molecule has 98 valence electrons. The summed E-state index contributed by atoms with van der Waals surface area (Å²) < 4.78 is 0.